The van der Waals surface area contributed by atoms with Gasteiger partial charge in [0, 0.05) is 16.6 Å². The first-order chi connectivity index (χ1) is 16.7. The van der Waals surface area contributed by atoms with Crippen molar-refractivity contribution >= 4 is 62.5 Å². The molecule has 0 aliphatic carbocycles. The van der Waals surface area contributed by atoms with E-state index in [0.29, 0.717) is 27.1 Å². The van der Waals surface area contributed by atoms with Crippen LogP contribution in [0.25, 0.3) is 6.08 Å². The molecule has 8 nitrogen and oxygen atoms in total. The first-order valence-corrected chi connectivity index (χ1v) is 11.4. The predicted molar refractivity (Wildman–Crippen MR) is 137 cm³/mol. The summed E-state index contributed by atoms with van der Waals surface area (Å²) in [5.74, 6) is 0.0192. The fraction of sp³-hybridized carbons (Fsp3) is 0.0833. The minimum atomic E-state index is -0.673. The third-order valence-electron chi connectivity index (χ3n) is 4.66. The molecule has 1 amide bonds. The number of nitro benzene ring substituents is 1. The molecule has 0 heterocycles. The van der Waals surface area contributed by atoms with Gasteiger partial charge in [-0.05, 0) is 41.5 Å². The van der Waals surface area contributed by atoms with Gasteiger partial charge in [-0.25, -0.2) is 0 Å². The van der Waals surface area contributed by atoms with Crippen LogP contribution in [-0.4, -0.2) is 17.9 Å². The molecule has 3 aromatic rings. The van der Waals surface area contributed by atoms with Crippen molar-refractivity contribution < 1.29 is 19.2 Å². The predicted octanol–water partition coefficient (Wildman–Crippen LogP) is 6.80. The van der Waals surface area contributed by atoms with E-state index in [1.807, 2.05) is 6.07 Å². The Bertz CT molecular complexity index is 1370. The Labute approximate surface area is 219 Å². The number of nitro groups is 1. The van der Waals surface area contributed by atoms with Gasteiger partial charge in [0.15, 0.2) is 11.5 Å². The van der Waals surface area contributed by atoms with Gasteiger partial charge in [0.2, 0.25) is 0 Å². The number of carbonyl (C=O) groups excluding carboxylic acids is 1. The standard InChI is InChI=1S/C24H16BrCl2N3O5/c1-34-21-10-15(9-16(12-28)24(31)29-20-7-3-6-19(26)23(20)27)18(25)11-22(21)35-13-14-4-2-5-17(8-14)30(32)33/h2-11H,13H2,1H3,(H,29,31)/b16-9-. The smallest absolute Gasteiger partial charge is 0.269 e. The highest BCUT2D eigenvalue weighted by molar-refractivity contribution is 9.10. The summed E-state index contributed by atoms with van der Waals surface area (Å²) in [5.41, 5.74) is 1.12. The van der Waals surface area contributed by atoms with Crippen molar-refractivity contribution in [2.24, 2.45) is 0 Å². The second kappa shape index (κ2) is 11.7. The number of methoxy groups -OCH3 is 1. The lowest BCUT2D eigenvalue weighted by atomic mass is 10.1. The fourth-order valence-corrected chi connectivity index (χ4v) is 3.73. The second-order valence-electron chi connectivity index (χ2n) is 6.97. The van der Waals surface area contributed by atoms with Crippen LogP contribution < -0.4 is 14.8 Å². The van der Waals surface area contributed by atoms with Crippen LogP contribution in [-0.2, 0) is 11.4 Å². The number of ether oxygens (including phenoxy) is 2. The third kappa shape index (κ3) is 6.51. The Morgan fingerprint density at radius 2 is 1.94 bits per heavy atom. The summed E-state index contributed by atoms with van der Waals surface area (Å²) in [6, 6.07) is 15.9. The summed E-state index contributed by atoms with van der Waals surface area (Å²) in [7, 11) is 1.44. The summed E-state index contributed by atoms with van der Waals surface area (Å²) in [4.78, 5) is 23.1. The topological polar surface area (TPSA) is 114 Å². The monoisotopic (exact) mass is 575 g/mol. The molecule has 0 aliphatic heterocycles. The number of benzene rings is 3. The van der Waals surface area contributed by atoms with E-state index >= 15 is 0 Å². The summed E-state index contributed by atoms with van der Waals surface area (Å²) in [6.45, 7) is 0.0614. The van der Waals surface area contributed by atoms with Crippen molar-refractivity contribution in [1.29, 1.82) is 5.26 Å². The molecule has 35 heavy (non-hydrogen) atoms. The molecule has 0 atom stereocenters. The van der Waals surface area contributed by atoms with E-state index in [4.69, 9.17) is 32.7 Å². The maximum atomic E-state index is 12.7. The quantitative estimate of drug-likeness (QED) is 0.136. The molecule has 178 valence electrons. The molecule has 11 heteroatoms. The van der Waals surface area contributed by atoms with E-state index in [2.05, 4.69) is 21.2 Å². The minimum Gasteiger partial charge on any atom is -0.493 e. The number of anilines is 1. The number of amides is 1. The lowest BCUT2D eigenvalue weighted by molar-refractivity contribution is -0.384. The summed E-state index contributed by atoms with van der Waals surface area (Å²) in [5, 5.41) is 23.5. The molecule has 0 aromatic heterocycles. The maximum absolute atomic E-state index is 12.7. The number of carbonyl (C=O) groups is 1. The van der Waals surface area contributed by atoms with Crippen LogP contribution in [0.2, 0.25) is 10.0 Å². The molecule has 0 unspecified atom stereocenters. The molecule has 0 fully saturated rings. The largest absolute Gasteiger partial charge is 0.493 e. The molecule has 3 rings (SSSR count). The SMILES string of the molecule is COc1cc(/C=C(/C#N)C(=O)Nc2cccc(Cl)c2Cl)c(Br)cc1OCc1cccc([N+](=O)[O-])c1. The Balaban J connectivity index is 1.83. The lowest BCUT2D eigenvalue weighted by Gasteiger charge is -2.13. The average molecular weight is 577 g/mol. The van der Waals surface area contributed by atoms with Gasteiger partial charge >= 0.3 is 0 Å². The van der Waals surface area contributed by atoms with Gasteiger partial charge in [-0.2, -0.15) is 5.26 Å². The second-order valence-corrected chi connectivity index (χ2v) is 8.61. The van der Waals surface area contributed by atoms with Gasteiger partial charge in [-0.3, -0.25) is 14.9 Å². The van der Waals surface area contributed by atoms with Crippen LogP contribution in [0.15, 0.2) is 64.6 Å². The highest BCUT2D eigenvalue weighted by atomic mass is 79.9. The minimum absolute atomic E-state index is 0.0406. The number of nitriles is 1. The molecule has 1 N–H and O–H groups in total. The lowest BCUT2D eigenvalue weighted by Crippen LogP contribution is -2.13. The van der Waals surface area contributed by atoms with Crippen LogP contribution in [0, 0.1) is 21.4 Å². The van der Waals surface area contributed by atoms with Gasteiger partial charge in [0.05, 0.1) is 27.8 Å². The van der Waals surface area contributed by atoms with Gasteiger partial charge < -0.3 is 14.8 Å². The van der Waals surface area contributed by atoms with E-state index in [0.717, 1.165) is 0 Å². The van der Waals surface area contributed by atoms with Crippen LogP contribution in [0.3, 0.4) is 0 Å². The van der Waals surface area contributed by atoms with E-state index < -0.39 is 10.8 Å². The molecular formula is C24H16BrCl2N3O5. The zero-order valence-corrected chi connectivity index (χ0v) is 21.1. The molecule has 0 spiro atoms. The highest BCUT2D eigenvalue weighted by Gasteiger charge is 2.16. The Kier molecular flexibility index (Phi) is 8.71. The van der Waals surface area contributed by atoms with Crippen LogP contribution in [0.1, 0.15) is 11.1 Å². The molecule has 0 bridgehead atoms. The van der Waals surface area contributed by atoms with Crippen molar-refractivity contribution in [2.75, 3.05) is 12.4 Å². The van der Waals surface area contributed by atoms with Crippen molar-refractivity contribution in [1.82, 2.24) is 0 Å². The first-order valence-electron chi connectivity index (χ1n) is 9.84. The maximum Gasteiger partial charge on any atom is 0.269 e. The third-order valence-corrected chi connectivity index (χ3v) is 6.17. The number of halogens is 3. The number of hydrogen-bond donors (Lipinski definition) is 1. The Morgan fingerprint density at radius 1 is 1.20 bits per heavy atom. The summed E-state index contributed by atoms with van der Waals surface area (Å²) < 4.78 is 11.7. The van der Waals surface area contributed by atoms with Crippen molar-refractivity contribution in [3.05, 3.63) is 95.9 Å². The normalized spacial score (nSPS) is 10.9. The highest BCUT2D eigenvalue weighted by Crippen LogP contribution is 2.35. The number of non-ortho nitro benzene ring substituents is 1. The van der Waals surface area contributed by atoms with Crippen LogP contribution in [0.4, 0.5) is 11.4 Å². The van der Waals surface area contributed by atoms with Crippen LogP contribution >= 0.6 is 39.1 Å². The average Bonchev–Trinajstić information content (AvgIpc) is 2.84. The van der Waals surface area contributed by atoms with Crippen molar-refractivity contribution in [3.63, 3.8) is 0 Å². The van der Waals surface area contributed by atoms with Gasteiger partial charge in [-0.15, -0.1) is 0 Å². The molecule has 3 aromatic carbocycles. The van der Waals surface area contributed by atoms with E-state index in [1.54, 1.807) is 42.5 Å². The number of hydrogen-bond acceptors (Lipinski definition) is 6. The molecule has 0 saturated heterocycles. The van der Waals surface area contributed by atoms with Crippen molar-refractivity contribution in [2.45, 2.75) is 6.61 Å². The van der Waals surface area contributed by atoms with Gasteiger partial charge in [-0.1, -0.05) is 57.3 Å². The Hall–Kier alpha value is -3.58. The summed E-state index contributed by atoms with van der Waals surface area (Å²) in [6.07, 6.45) is 1.38. The summed E-state index contributed by atoms with van der Waals surface area (Å²) >= 11 is 15.5. The molecule has 0 radical (unpaired) electrons. The molecule has 0 aliphatic rings. The van der Waals surface area contributed by atoms with Gasteiger partial charge in [0.1, 0.15) is 18.2 Å². The van der Waals surface area contributed by atoms with Crippen molar-refractivity contribution in [3.8, 4) is 17.6 Å². The number of nitrogens with one attached hydrogen (secondary N) is 1. The fourth-order valence-electron chi connectivity index (χ4n) is 2.95. The Morgan fingerprint density at radius 3 is 2.63 bits per heavy atom. The number of nitrogens with zero attached hydrogens (tertiary/aromatic N) is 2. The molecule has 0 saturated carbocycles. The zero-order chi connectivity index (χ0) is 25.5. The van der Waals surface area contributed by atoms with E-state index in [-0.39, 0.29) is 33.6 Å². The first kappa shape index (κ1) is 26.0. The van der Waals surface area contributed by atoms with E-state index in [1.165, 1.54) is 25.3 Å². The number of rotatable bonds is 8. The zero-order valence-electron chi connectivity index (χ0n) is 18.1. The van der Waals surface area contributed by atoms with Gasteiger partial charge in [0.25, 0.3) is 11.6 Å². The van der Waals surface area contributed by atoms with E-state index in [9.17, 15) is 20.2 Å². The van der Waals surface area contributed by atoms with Crippen LogP contribution in [0.5, 0.6) is 11.5 Å². The molecular weight excluding hydrogens is 561 g/mol.